The summed E-state index contributed by atoms with van der Waals surface area (Å²) < 4.78 is 20.5. The Bertz CT molecular complexity index is 1390. The van der Waals surface area contributed by atoms with Crippen molar-refractivity contribution in [3.8, 4) is 34.1 Å². The third-order valence-corrected chi connectivity index (χ3v) is 5.68. The highest BCUT2D eigenvalue weighted by atomic mass is 16.5. The van der Waals surface area contributed by atoms with Gasteiger partial charge < -0.3 is 18.8 Å². The van der Waals surface area contributed by atoms with E-state index in [1.807, 2.05) is 23.0 Å². The maximum absolute atomic E-state index is 5.52. The molecule has 0 saturated carbocycles. The van der Waals surface area contributed by atoms with E-state index in [4.69, 9.17) is 14.2 Å². The molecule has 0 amide bonds. The first-order chi connectivity index (χ1) is 15.1. The minimum Gasteiger partial charge on any atom is -0.493 e. The molecule has 2 heterocycles. The molecule has 6 nitrogen and oxygen atoms in total. The molecule has 0 unspecified atom stereocenters. The van der Waals surface area contributed by atoms with E-state index in [2.05, 4.69) is 65.4 Å². The van der Waals surface area contributed by atoms with Gasteiger partial charge in [0.15, 0.2) is 11.5 Å². The quantitative estimate of drug-likeness (QED) is 0.397. The normalized spacial score (nSPS) is 11.2. The molecule has 5 rings (SSSR count). The smallest absolute Gasteiger partial charge is 0.203 e. The molecule has 3 aromatic carbocycles. The summed E-state index contributed by atoms with van der Waals surface area (Å²) in [5.74, 6) is 1.74. The van der Waals surface area contributed by atoms with Crippen LogP contribution in [0.3, 0.4) is 0 Å². The Morgan fingerprint density at radius 1 is 0.710 bits per heavy atom. The first kappa shape index (κ1) is 19.1. The Hall–Kier alpha value is -3.93. The third-order valence-electron chi connectivity index (χ3n) is 5.68. The van der Waals surface area contributed by atoms with E-state index < -0.39 is 0 Å². The summed E-state index contributed by atoms with van der Waals surface area (Å²) in [6.45, 7) is 0. The van der Waals surface area contributed by atoms with Crippen molar-refractivity contribution in [2.75, 3.05) is 21.3 Å². The van der Waals surface area contributed by atoms with Gasteiger partial charge in [-0.15, -0.1) is 0 Å². The van der Waals surface area contributed by atoms with Crippen LogP contribution in [-0.4, -0.2) is 35.7 Å². The Kier molecular flexibility index (Phi) is 4.55. The van der Waals surface area contributed by atoms with Gasteiger partial charge in [0.25, 0.3) is 0 Å². The Morgan fingerprint density at radius 3 is 2.13 bits per heavy atom. The van der Waals surface area contributed by atoms with Crippen LogP contribution in [0.2, 0.25) is 0 Å². The molecular formula is C25H23N3O3. The third kappa shape index (κ3) is 3.08. The Morgan fingerprint density at radius 2 is 1.42 bits per heavy atom. The molecule has 6 heteroatoms. The maximum Gasteiger partial charge on any atom is 0.203 e. The van der Waals surface area contributed by atoms with E-state index in [1.54, 1.807) is 21.3 Å². The van der Waals surface area contributed by atoms with Gasteiger partial charge in [-0.3, -0.25) is 0 Å². The van der Waals surface area contributed by atoms with Crippen LogP contribution < -0.4 is 14.2 Å². The molecule has 0 fully saturated rings. The highest BCUT2D eigenvalue weighted by Crippen LogP contribution is 2.40. The van der Waals surface area contributed by atoms with Gasteiger partial charge >= 0.3 is 0 Å². The van der Waals surface area contributed by atoms with Gasteiger partial charge in [-0.1, -0.05) is 18.2 Å². The van der Waals surface area contributed by atoms with Crippen LogP contribution in [-0.2, 0) is 7.05 Å². The molecule has 0 bridgehead atoms. The highest BCUT2D eigenvalue weighted by molar-refractivity contribution is 5.89. The van der Waals surface area contributed by atoms with E-state index in [0.29, 0.717) is 17.2 Å². The van der Waals surface area contributed by atoms with Crippen LogP contribution in [0.1, 0.15) is 0 Å². The standard InChI is InChI=1S/C25H23N3O3/c1-27-10-9-18-11-16(7-8-21(18)27)17-5-6-19-15-26-28(22(19)12-17)20-13-23(29-2)25(31-4)24(14-20)30-3/h5-15H,1-4H3. The van der Waals surface area contributed by atoms with Crippen molar-refractivity contribution >= 4 is 21.8 Å². The van der Waals surface area contributed by atoms with Crippen molar-refractivity contribution in [1.82, 2.24) is 14.3 Å². The fourth-order valence-electron chi connectivity index (χ4n) is 4.05. The van der Waals surface area contributed by atoms with Crippen molar-refractivity contribution < 1.29 is 14.2 Å². The van der Waals surface area contributed by atoms with Crippen molar-refractivity contribution in [3.05, 3.63) is 67.0 Å². The van der Waals surface area contributed by atoms with Crippen LogP contribution in [0, 0.1) is 0 Å². The van der Waals surface area contributed by atoms with Crippen LogP contribution in [0.15, 0.2) is 67.0 Å². The molecule has 31 heavy (non-hydrogen) atoms. The largest absolute Gasteiger partial charge is 0.493 e. The first-order valence-electron chi connectivity index (χ1n) is 9.96. The Balaban J connectivity index is 1.66. The molecule has 5 aromatic rings. The lowest BCUT2D eigenvalue weighted by Gasteiger charge is -2.14. The van der Waals surface area contributed by atoms with Crippen molar-refractivity contribution in [2.24, 2.45) is 7.05 Å². The summed E-state index contributed by atoms with van der Waals surface area (Å²) in [4.78, 5) is 0. The van der Waals surface area contributed by atoms with E-state index in [9.17, 15) is 0 Å². The zero-order chi connectivity index (χ0) is 21.5. The summed E-state index contributed by atoms with van der Waals surface area (Å²) in [5.41, 5.74) is 5.35. The van der Waals surface area contributed by atoms with Crippen molar-refractivity contribution in [2.45, 2.75) is 0 Å². The number of aromatic nitrogens is 3. The molecule has 0 aliphatic rings. The van der Waals surface area contributed by atoms with Gasteiger partial charge in [0, 0.05) is 41.7 Å². The lowest BCUT2D eigenvalue weighted by molar-refractivity contribution is 0.324. The summed E-state index contributed by atoms with van der Waals surface area (Å²) in [5, 5.41) is 6.90. The number of benzene rings is 3. The number of fused-ring (bicyclic) bond motifs is 2. The predicted molar refractivity (Wildman–Crippen MR) is 123 cm³/mol. The molecule has 0 radical (unpaired) electrons. The van der Waals surface area contributed by atoms with Crippen LogP contribution in [0.4, 0.5) is 0 Å². The lowest BCUT2D eigenvalue weighted by Crippen LogP contribution is -2.01. The molecular weight excluding hydrogens is 390 g/mol. The fraction of sp³-hybridized carbons (Fsp3) is 0.160. The van der Waals surface area contributed by atoms with Crippen LogP contribution in [0.5, 0.6) is 17.2 Å². The average Bonchev–Trinajstić information content (AvgIpc) is 3.40. The van der Waals surface area contributed by atoms with Gasteiger partial charge in [-0.05, 0) is 35.4 Å². The highest BCUT2D eigenvalue weighted by Gasteiger charge is 2.16. The molecule has 0 aliphatic heterocycles. The monoisotopic (exact) mass is 413 g/mol. The second kappa shape index (κ2) is 7.40. The average molecular weight is 413 g/mol. The van der Waals surface area contributed by atoms with E-state index in [0.717, 1.165) is 22.2 Å². The summed E-state index contributed by atoms with van der Waals surface area (Å²) in [7, 11) is 6.88. The fourth-order valence-corrected chi connectivity index (χ4v) is 4.05. The number of hydrogen-bond donors (Lipinski definition) is 0. The van der Waals surface area contributed by atoms with Gasteiger partial charge in [0.2, 0.25) is 5.75 Å². The topological polar surface area (TPSA) is 50.4 Å². The number of rotatable bonds is 5. The molecule has 0 saturated heterocycles. The minimum absolute atomic E-state index is 0.557. The van der Waals surface area contributed by atoms with Gasteiger partial charge in [0.1, 0.15) is 0 Å². The van der Waals surface area contributed by atoms with Crippen molar-refractivity contribution in [1.29, 1.82) is 0 Å². The van der Waals surface area contributed by atoms with E-state index in [-0.39, 0.29) is 0 Å². The van der Waals surface area contributed by atoms with E-state index >= 15 is 0 Å². The zero-order valence-electron chi connectivity index (χ0n) is 17.9. The summed E-state index contributed by atoms with van der Waals surface area (Å²) >= 11 is 0. The SMILES string of the molecule is COc1cc(-n2ncc3ccc(-c4ccc5c(ccn5C)c4)cc32)cc(OC)c1OC. The van der Waals surface area contributed by atoms with Gasteiger partial charge in [-0.2, -0.15) is 5.10 Å². The zero-order valence-corrected chi connectivity index (χ0v) is 17.9. The van der Waals surface area contributed by atoms with E-state index in [1.165, 1.54) is 16.5 Å². The number of ether oxygens (including phenoxy) is 3. The number of methoxy groups -OCH3 is 3. The van der Waals surface area contributed by atoms with Crippen LogP contribution >= 0.6 is 0 Å². The number of hydrogen-bond acceptors (Lipinski definition) is 4. The van der Waals surface area contributed by atoms with Crippen LogP contribution in [0.25, 0.3) is 38.6 Å². The molecule has 0 spiro atoms. The maximum atomic E-state index is 5.52. The Labute approximate surface area is 180 Å². The molecule has 156 valence electrons. The predicted octanol–water partition coefficient (Wildman–Crippen LogP) is 5.21. The first-order valence-corrected chi connectivity index (χ1v) is 9.96. The molecule has 0 N–H and O–H groups in total. The van der Waals surface area contributed by atoms with Gasteiger partial charge in [-0.25, -0.2) is 4.68 Å². The lowest BCUT2D eigenvalue weighted by atomic mass is 10.0. The molecule has 0 atom stereocenters. The summed E-state index contributed by atoms with van der Waals surface area (Å²) in [6.07, 6.45) is 3.94. The second-order valence-corrected chi connectivity index (χ2v) is 7.41. The second-order valence-electron chi connectivity index (χ2n) is 7.41. The number of nitrogens with zero attached hydrogens (tertiary/aromatic N) is 3. The number of aryl methyl sites for hydroxylation is 1. The van der Waals surface area contributed by atoms with Crippen molar-refractivity contribution in [3.63, 3.8) is 0 Å². The molecule has 0 aliphatic carbocycles. The minimum atomic E-state index is 0.557. The molecule has 2 aromatic heterocycles. The van der Waals surface area contributed by atoms with Gasteiger partial charge in [0.05, 0.1) is 38.7 Å². The summed E-state index contributed by atoms with van der Waals surface area (Å²) in [6, 6.07) is 18.9.